The highest BCUT2D eigenvalue weighted by Gasteiger charge is 2.44. The molecule has 0 aliphatic carbocycles. The van der Waals surface area contributed by atoms with Gasteiger partial charge >= 0.3 is 0 Å². The van der Waals surface area contributed by atoms with E-state index < -0.39 is 41.3 Å². The highest BCUT2D eigenvalue weighted by molar-refractivity contribution is 7.13. The number of β-amino-alcohol motifs (C(OH)–C–C–N with tert-alkyl or cyclic N) is 1. The van der Waals surface area contributed by atoms with E-state index in [-0.39, 0.29) is 88.7 Å². The molecule has 8 N–H and O–H groups in total. The van der Waals surface area contributed by atoms with E-state index >= 15 is 0 Å². The lowest BCUT2D eigenvalue weighted by molar-refractivity contribution is -0.144. The number of amides is 5. The number of nitrogens with one attached hydrogen (secondary N) is 7. The number of nitrogens with zero attached hydrogens (tertiary/aromatic N) is 5. The molecule has 0 bridgehead atoms. The first-order valence-corrected chi connectivity index (χ1v) is 28.9. The molecule has 2 aliphatic rings. The van der Waals surface area contributed by atoms with Crippen molar-refractivity contribution in [2.75, 3.05) is 82.5 Å². The molecule has 21 nitrogen and oxygen atoms in total. The fourth-order valence-corrected chi connectivity index (χ4v) is 10.8. The van der Waals surface area contributed by atoms with E-state index in [2.05, 4.69) is 46.4 Å². The summed E-state index contributed by atoms with van der Waals surface area (Å²) < 4.78 is 11.3. The van der Waals surface area contributed by atoms with Crippen LogP contribution in [0.15, 0.2) is 71.1 Å². The average molecular weight is 1150 g/mol. The van der Waals surface area contributed by atoms with E-state index in [1.165, 1.54) is 11.1 Å². The summed E-state index contributed by atoms with van der Waals surface area (Å²) >= 11 is 1.57. The number of piperazine rings is 1. The van der Waals surface area contributed by atoms with Crippen molar-refractivity contribution in [3.63, 3.8) is 0 Å². The third-order valence-corrected chi connectivity index (χ3v) is 15.5. The Morgan fingerprint density at radius 1 is 0.854 bits per heavy atom. The van der Waals surface area contributed by atoms with Gasteiger partial charge in [0.15, 0.2) is 0 Å². The number of hydrogen-bond acceptors (Lipinski definition) is 16. The number of benzene rings is 2. The maximum atomic E-state index is 14.0. The second kappa shape index (κ2) is 29.0. The molecule has 7 rings (SSSR count). The Kier molecular flexibility index (Phi) is 22.0. The van der Waals surface area contributed by atoms with Gasteiger partial charge in [-0.05, 0) is 92.6 Å². The van der Waals surface area contributed by atoms with E-state index in [1.807, 2.05) is 109 Å². The van der Waals surface area contributed by atoms with Gasteiger partial charge in [-0.2, -0.15) is 0 Å². The van der Waals surface area contributed by atoms with Crippen LogP contribution in [0.4, 0.5) is 11.5 Å². The summed E-state index contributed by atoms with van der Waals surface area (Å²) in [5.74, 6) is -0.903. The number of rotatable bonds is 26. The molecule has 2 aliphatic heterocycles. The number of thiazole rings is 1. The molecule has 0 radical (unpaired) electrons. The predicted octanol–water partition coefficient (Wildman–Crippen LogP) is 5.09. The molecular formula is C60H80N12O9S. The summed E-state index contributed by atoms with van der Waals surface area (Å²) in [7, 11) is 0. The third kappa shape index (κ3) is 17.1. The molecular weight excluding hydrogens is 1060 g/mol. The molecule has 5 aromatic rings. The van der Waals surface area contributed by atoms with E-state index in [4.69, 9.17) is 19.9 Å². The minimum Gasteiger partial charge on any atom is -0.391 e. The Hall–Kier alpha value is -7.37. The van der Waals surface area contributed by atoms with Gasteiger partial charge in [-0.1, -0.05) is 45.0 Å². The summed E-state index contributed by atoms with van der Waals surface area (Å²) in [5, 5.41) is 33.8. The van der Waals surface area contributed by atoms with Crippen LogP contribution >= 0.6 is 11.3 Å². The normalized spacial score (nSPS) is 16.0. The fraction of sp³-hybridized carbons (Fsp3) is 0.483. The number of aromatic amines is 1. The number of likely N-dealkylation sites (tertiary alicyclic amines) is 1. The van der Waals surface area contributed by atoms with E-state index in [0.717, 1.165) is 76.1 Å². The number of aromatic nitrogens is 3. The summed E-state index contributed by atoms with van der Waals surface area (Å²) in [6, 6.07) is 15.5. The van der Waals surface area contributed by atoms with Crippen LogP contribution in [0.2, 0.25) is 0 Å². The number of hydrogen-bond donors (Lipinski definition) is 8. The Bertz CT molecular complexity index is 3080. The number of pyridine rings is 2. The standard InChI is InChI=1S/C60H80N12O9S/c1-37(2)67-49-29-44(28-46(47(49)31-61)56(76)65-34-48-38(3)27-39(4)68-57(48)77)43-13-14-51(63-33-43)71-21-19-70(20-22-71)18-17-62-52(74)15-23-80-25-26-81-24-16-53(75)69-55(60(6,7)8)59(79)72-35-45(73)30-50(72)58(78)64-32-41-9-11-42(12-10-41)54-40(5)66-36-82-54/h9-14,27-29,31,33,36-37,45,50,55,61,67,73H,15-26,30,32,34-35H2,1-8H3,(H,62,74)(H,64,78)(H,65,76)(H,68,77)(H,69,75)/t45-,50+,55?/m1/s1. The second-order valence-electron chi connectivity index (χ2n) is 22.3. The van der Waals surface area contributed by atoms with Crippen LogP contribution < -0.4 is 37.0 Å². The zero-order valence-corrected chi connectivity index (χ0v) is 49.2. The van der Waals surface area contributed by atoms with Crippen LogP contribution in [0.25, 0.3) is 21.6 Å². The zero-order valence-electron chi connectivity index (χ0n) is 48.4. The Morgan fingerprint density at radius 3 is 2.17 bits per heavy atom. The van der Waals surface area contributed by atoms with Gasteiger partial charge in [-0.15, -0.1) is 11.3 Å². The van der Waals surface area contributed by atoms with E-state index in [0.29, 0.717) is 35.5 Å². The number of carbonyl (C=O) groups excluding carboxylic acids is 5. The lowest BCUT2D eigenvalue weighted by Crippen LogP contribution is -2.57. The van der Waals surface area contributed by atoms with Crippen LogP contribution in [0.5, 0.6) is 0 Å². The minimum absolute atomic E-state index is 0.0102. The Labute approximate surface area is 483 Å². The van der Waals surface area contributed by atoms with Crippen LogP contribution in [0.3, 0.4) is 0 Å². The molecule has 0 saturated carbocycles. The topological polar surface area (TPSA) is 276 Å². The first kappa shape index (κ1) is 62.2. The quantitative estimate of drug-likeness (QED) is 0.0265. The number of H-pyrrole nitrogens is 1. The molecule has 2 aromatic carbocycles. The summed E-state index contributed by atoms with van der Waals surface area (Å²) in [6.45, 7) is 20.4. The fourth-order valence-electron chi connectivity index (χ4n) is 10.0. The minimum atomic E-state index is -0.957. The maximum absolute atomic E-state index is 14.0. The number of aliphatic hydroxyl groups excluding tert-OH is 1. The van der Waals surface area contributed by atoms with Crippen molar-refractivity contribution in [2.45, 2.75) is 112 Å². The summed E-state index contributed by atoms with van der Waals surface area (Å²) in [5.41, 5.74) is 8.70. The third-order valence-electron chi connectivity index (χ3n) is 14.5. The first-order chi connectivity index (χ1) is 39.2. The molecule has 22 heteroatoms. The lowest BCUT2D eigenvalue weighted by Gasteiger charge is -2.35. The molecule has 1 unspecified atom stereocenters. The number of aryl methyl sites for hydroxylation is 3. The molecule has 3 atom stereocenters. The second-order valence-corrected chi connectivity index (χ2v) is 23.2. The molecule has 0 spiro atoms. The average Bonchev–Trinajstić information content (AvgIpc) is 4.23. The molecule has 440 valence electrons. The van der Waals surface area contributed by atoms with Gasteiger partial charge in [-0.3, -0.25) is 33.7 Å². The predicted molar refractivity (Wildman–Crippen MR) is 318 cm³/mol. The van der Waals surface area contributed by atoms with Crippen molar-refractivity contribution in [1.29, 1.82) is 5.41 Å². The summed E-state index contributed by atoms with van der Waals surface area (Å²) in [4.78, 5) is 98.4. The van der Waals surface area contributed by atoms with Crippen LogP contribution in [-0.2, 0) is 41.7 Å². The number of ether oxygens (including phenoxy) is 2. The highest BCUT2D eigenvalue weighted by atomic mass is 32.1. The van der Waals surface area contributed by atoms with Gasteiger partial charge in [0.2, 0.25) is 23.6 Å². The van der Waals surface area contributed by atoms with E-state index in [9.17, 15) is 33.9 Å². The smallest absolute Gasteiger partial charge is 0.253 e. The van der Waals surface area contributed by atoms with Gasteiger partial charge < -0.3 is 61.4 Å². The molecule has 3 aromatic heterocycles. The first-order valence-electron chi connectivity index (χ1n) is 28.0. The van der Waals surface area contributed by atoms with Gasteiger partial charge in [0.05, 0.1) is 54.2 Å². The van der Waals surface area contributed by atoms with Gasteiger partial charge in [-0.25, -0.2) is 9.97 Å². The lowest BCUT2D eigenvalue weighted by atomic mass is 9.85. The largest absolute Gasteiger partial charge is 0.391 e. The van der Waals surface area contributed by atoms with Crippen molar-refractivity contribution in [3.05, 3.63) is 116 Å². The Morgan fingerprint density at radius 2 is 1.55 bits per heavy atom. The highest BCUT2D eigenvalue weighted by Crippen LogP contribution is 2.31. The van der Waals surface area contributed by atoms with Crippen LogP contribution in [0.1, 0.15) is 97.9 Å². The van der Waals surface area contributed by atoms with Crippen molar-refractivity contribution < 1.29 is 38.6 Å². The molecule has 5 heterocycles. The maximum Gasteiger partial charge on any atom is 0.253 e. The van der Waals surface area contributed by atoms with Crippen molar-refractivity contribution in [3.8, 4) is 21.6 Å². The van der Waals surface area contributed by atoms with Gasteiger partial charge in [0.1, 0.15) is 17.9 Å². The Balaban J connectivity index is 0.765. The molecule has 82 heavy (non-hydrogen) atoms. The van der Waals surface area contributed by atoms with Crippen LogP contribution in [0, 0.1) is 31.6 Å². The molecule has 2 fully saturated rings. The summed E-state index contributed by atoms with van der Waals surface area (Å²) in [6.07, 6.45) is 2.34. The van der Waals surface area contributed by atoms with Gasteiger partial charge in [0, 0.05) is 125 Å². The SMILES string of the molecule is Cc1cc(C)c(CNC(=O)c2cc(-c3ccc(N4CCN(CCNC(=O)CCOCCOCCC(=O)NC(C(=O)N5C[C@H](O)C[C@H]5C(=O)NCc5ccc(-c6scnc6C)cc5)C(C)(C)C)CC4)nc3)cc(NC(C)C)c2C=N)c(=O)[nH]1. The number of aliphatic hydroxyl groups is 1. The van der Waals surface area contributed by atoms with E-state index in [1.54, 1.807) is 23.6 Å². The van der Waals surface area contributed by atoms with Crippen LogP contribution in [-0.4, -0.2) is 162 Å². The van der Waals surface area contributed by atoms with Gasteiger partial charge in [0.25, 0.3) is 11.5 Å². The molecule has 5 amide bonds. The van der Waals surface area contributed by atoms with Crippen molar-refractivity contribution >= 4 is 58.6 Å². The van der Waals surface area contributed by atoms with Crippen molar-refractivity contribution in [2.24, 2.45) is 5.41 Å². The number of anilines is 2. The molecule has 2 saturated heterocycles. The number of carbonyl (C=O) groups is 5. The van der Waals surface area contributed by atoms with Crippen molar-refractivity contribution in [1.82, 2.24) is 46.0 Å². The monoisotopic (exact) mass is 1140 g/mol. The zero-order chi connectivity index (χ0) is 59.1.